The van der Waals surface area contributed by atoms with E-state index < -0.39 is 0 Å². The third kappa shape index (κ3) is 3.62. The number of fused-ring (bicyclic) bond motifs is 1. The van der Waals surface area contributed by atoms with E-state index in [-0.39, 0.29) is 6.03 Å². The van der Waals surface area contributed by atoms with E-state index in [0.717, 1.165) is 16.5 Å². The number of carbonyl (C=O) groups excluding carboxylic acids is 1. The van der Waals surface area contributed by atoms with Gasteiger partial charge < -0.3 is 19.5 Å². The smallest absolute Gasteiger partial charge is 0.320 e. The van der Waals surface area contributed by atoms with Crippen molar-refractivity contribution < 1.29 is 19.0 Å². The number of carbonyl (C=O) groups is 1. The molecule has 1 aromatic carbocycles. The minimum absolute atomic E-state index is 0.331. The molecule has 0 aliphatic rings. The van der Waals surface area contributed by atoms with Gasteiger partial charge in [-0.15, -0.1) is 0 Å². The van der Waals surface area contributed by atoms with Gasteiger partial charge in [-0.2, -0.15) is 0 Å². The topological polar surface area (TPSA) is 94.6 Å². The summed E-state index contributed by atoms with van der Waals surface area (Å²) in [6.07, 6.45) is 3.35. The van der Waals surface area contributed by atoms with Gasteiger partial charge in [-0.3, -0.25) is 10.3 Å². The molecule has 2 amide bonds. The number of aromatic nitrogens is 2. The van der Waals surface area contributed by atoms with Crippen molar-refractivity contribution in [2.24, 2.45) is 0 Å². The van der Waals surface area contributed by atoms with Crippen LogP contribution < -0.4 is 24.8 Å². The minimum atomic E-state index is -0.331. The van der Waals surface area contributed by atoms with Crippen molar-refractivity contribution in [1.29, 1.82) is 0 Å². The Morgan fingerprint density at radius 1 is 1.07 bits per heavy atom. The van der Waals surface area contributed by atoms with E-state index in [2.05, 4.69) is 20.6 Å². The molecule has 2 aromatic heterocycles. The van der Waals surface area contributed by atoms with E-state index in [1.165, 1.54) is 0 Å². The third-order valence-corrected chi connectivity index (χ3v) is 4.19. The van der Waals surface area contributed by atoms with Gasteiger partial charge in [0.1, 0.15) is 5.52 Å². The van der Waals surface area contributed by atoms with E-state index in [9.17, 15) is 4.79 Å². The number of amides is 2. The molecule has 0 saturated carbocycles. The van der Waals surface area contributed by atoms with Gasteiger partial charge >= 0.3 is 6.03 Å². The van der Waals surface area contributed by atoms with E-state index in [1.54, 1.807) is 33.7 Å². The molecule has 28 heavy (non-hydrogen) atoms. The normalized spacial score (nSPS) is 10.4. The minimum Gasteiger partial charge on any atom is -0.493 e. The average molecular weight is 382 g/mol. The van der Waals surface area contributed by atoms with Gasteiger partial charge in [0, 0.05) is 29.9 Å². The average Bonchev–Trinajstić information content (AvgIpc) is 2.73. The van der Waals surface area contributed by atoms with Gasteiger partial charge in [0.2, 0.25) is 5.75 Å². The maximum absolute atomic E-state index is 11.9. The molecular formula is C20H22N4O4. The van der Waals surface area contributed by atoms with Gasteiger partial charge in [-0.05, 0) is 30.7 Å². The molecule has 0 atom stereocenters. The first kappa shape index (κ1) is 19.2. The summed E-state index contributed by atoms with van der Waals surface area (Å²) in [7, 11) is 4.69. The number of rotatable bonds is 6. The number of nitrogens with zero attached hydrogens (tertiary/aromatic N) is 2. The molecule has 3 aromatic rings. The summed E-state index contributed by atoms with van der Waals surface area (Å²) < 4.78 is 16.3. The first-order valence-corrected chi connectivity index (χ1v) is 8.71. The Kier molecular flexibility index (Phi) is 5.78. The maximum atomic E-state index is 11.9. The molecule has 146 valence electrons. The molecule has 8 heteroatoms. The number of ether oxygens (including phenoxy) is 3. The van der Waals surface area contributed by atoms with Crippen molar-refractivity contribution in [2.75, 3.05) is 33.2 Å². The Morgan fingerprint density at radius 2 is 1.79 bits per heavy atom. The standard InChI is InChI=1S/C20H22N4O4/c1-5-21-20(25)24-19-17-13(7-6-8-22-17)14(11-23-19)12-9-15(26-2)18(28-4)16(10-12)27-3/h6-11H,5H2,1-4H3,(H2,21,23,24,25). The Hall–Kier alpha value is -3.55. The Labute approximate surface area is 162 Å². The van der Waals surface area contributed by atoms with Crippen LogP contribution in [0, 0.1) is 0 Å². The van der Waals surface area contributed by atoms with Crippen molar-refractivity contribution in [1.82, 2.24) is 15.3 Å². The first-order chi connectivity index (χ1) is 13.6. The van der Waals surface area contributed by atoms with Gasteiger partial charge in [0.25, 0.3) is 0 Å². The third-order valence-electron chi connectivity index (χ3n) is 4.19. The summed E-state index contributed by atoms with van der Waals surface area (Å²) in [6.45, 7) is 2.36. The van der Waals surface area contributed by atoms with E-state index in [0.29, 0.717) is 35.1 Å². The van der Waals surface area contributed by atoms with Crippen molar-refractivity contribution in [2.45, 2.75) is 6.92 Å². The number of methoxy groups -OCH3 is 3. The highest BCUT2D eigenvalue weighted by atomic mass is 16.5. The Balaban J connectivity index is 2.16. The van der Waals surface area contributed by atoms with Gasteiger partial charge in [0.05, 0.1) is 21.3 Å². The number of hydrogen-bond donors (Lipinski definition) is 2. The predicted molar refractivity (Wildman–Crippen MR) is 107 cm³/mol. The largest absolute Gasteiger partial charge is 0.493 e. The zero-order valence-electron chi connectivity index (χ0n) is 16.2. The molecular weight excluding hydrogens is 360 g/mol. The zero-order chi connectivity index (χ0) is 20.1. The van der Waals surface area contributed by atoms with Crippen LogP contribution in [0.15, 0.2) is 36.7 Å². The lowest BCUT2D eigenvalue weighted by Crippen LogP contribution is -2.28. The molecule has 0 fully saturated rings. The van der Waals surface area contributed by atoms with Crippen molar-refractivity contribution in [3.8, 4) is 28.4 Å². The molecule has 0 spiro atoms. The number of urea groups is 1. The molecule has 0 bridgehead atoms. The fourth-order valence-corrected chi connectivity index (χ4v) is 2.94. The first-order valence-electron chi connectivity index (χ1n) is 8.71. The fraction of sp³-hybridized carbons (Fsp3) is 0.250. The second kappa shape index (κ2) is 8.43. The number of hydrogen-bond acceptors (Lipinski definition) is 6. The van der Waals surface area contributed by atoms with E-state index in [4.69, 9.17) is 14.2 Å². The molecule has 0 radical (unpaired) electrons. The summed E-state index contributed by atoms with van der Waals surface area (Å²) in [5.41, 5.74) is 2.23. The van der Waals surface area contributed by atoms with E-state index >= 15 is 0 Å². The van der Waals surface area contributed by atoms with Crippen LogP contribution >= 0.6 is 0 Å². The lowest BCUT2D eigenvalue weighted by Gasteiger charge is -2.15. The summed E-state index contributed by atoms with van der Waals surface area (Å²) in [5, 5.41) is 6.25. The molecule has 0 aliphatic carbocycles. The SMILES string of the molecule is CCNC(=O)Nc1ncc(-c2cc(OC)c(OC)c(OC)c2)c2cccnc12. The Morgan fingerprint density at radius 3 is 2.39 bits per heavy atom. The molecule has 8 nitrogen and oxygen atoms in total. The quantitative estimate of drug-likeness (QED) is 0.678. The van der Waals surface area contributed by atoms with Crippen LogP contribution in [0.4, 0.5) is 10.6 Å². The van der Waals surface area contributed by atoms with Crippen LogP contribution in [0.2, 0.25) is 0 Å². The summed E-state index contributed by atoms with van der Waals surface area (Å²) >= 11 is 0. The summed E-state index contributed by atoms with van der Waals surface area (Å²) in [4.78, 5) is 20.7. The highest BCUT2D eigenvalue weighted by Gasteiger charge is 2.17. The second-order valence-electron chi connectivity index (χ2n) is 5.82. The number of anilines is 1. The molecule has 0 unspecified atom stereocenters. The van der Waals surface area contributed by atoms with Crippen LogP contribution in [-0.4, -0.2) is 43.9 Å². The van der Waals surface area contributed by atoms with Gasteiger partial charge in [-0.25, -0.2) is 9.78 Å². The van der Waals surface area contributed by atoms with Crippen LogP contribution in [0.1, 0.15) is 6.92 Å². The maximum Gasteiger partial charge on any atom is 0.320 e. The molecule has 3 rings (SSSR count). The molecule has 0 aliphatic heterocycles. The molecule has 0 saturated heterocycles. The van der Waals surface area contributed by atoms with Crippen molar-refractivity contribution in [3.05, 3.63) is 36.7 Å². The van der Waals surface area contributed by atoms with E-state index in [1.807, 2.05) is 31.2 Å². The highest BCUT2D eigenvalue weighted by molar-refractivity contribution is 6.03. The highest BCUT2D eigenvalue weighted by Crippen LogP contribution is 2.42. The number of nitrogens with one attached hydrogen (secondary N) is 2. The van der Waals surface area contributed by atoms with Crippen LogP contribution in [0.3, 0.4) is 0 Å². The van der Waals surface area contributed by atoms with Crippen molar-refractivity contribution >= 4 is 22.8 Å². The van der Waals surface area contributed by atoms with Gasteiger partial charge in [-0.1, -0.05) is 6.07 Å². The van der Waals surface area contributed by atoms with Crippen LogP contribution in [0.25, 0.3) is 22.0 Å². The summed E-state index contributed by atoms with van der Waals surface area (Å²) in [6, 6.07) is 7.12. The monoisotopic (exact) mass is 382 g/mol. The lowest BCUT2D eigenvalue weighted by molar-refractivity contribution is 0.252. The summed E-state index contributed by atoms with van der Waals surface area (Å²) in [5.74, 6) is 1.98. The van der Waals surface area contributed by atoms with Gasteiger partial charge in [0.15, 0.2) is 17.3 Å². The van der Waals surface area contributed by atoms with Crippen LogP contribution in [0.5, 0.6) is 17.2 Å². The fourth-order valence-electron chi connectivity index (χ4n) is 2.94. The second-order valence-corrected chi connectivity index (χ2v) is 5.82. The number of benzene rings is 1. The molecule has 2 N–H and O–H groups in total. The lowest BCUT2D eigenvalue weighted by atomic mass is 10.0. The molecule has 2 heterocycles. The number of pyridine rings is 2. The van der Waals surface area contributed by atoms with Crippen LogP contribution in [-0.2, 0) is 0 Å². The predicted octanol–water partition coefficient (Wildman–Crippen LogP) is 3.46. The van der Waals surface area contributed by atoms with Crippen molar-refractivity contribution in [3.63, 3.8) is 0 Å². The zero-order valence-corrected chi connectivity index (χ0v) is 16.2. The Bertz CT molecular complexity index is 982.